The van der Waals surface area contributed by atoms with Crippen molar-refractivity contribution in [1.29, 1.82) is 0 Å². The minimum absolute atomic E-state index is 0.113. The van der Waals surface area contributed by atoms with Crippen LogP contribution in [0.25, 0.3) is 10.9 Å². The van der Waals surface area contributed by atoms with Crippen LogP contribution in [0.4, 0.5) is 10.1 Å². The number of aliphatic hydroxyl groups is 1. The van der Waals surface area contributed by atoms with Crippen molar-refractivity contribution in [2.75, 3.05) is 0 Å². The molecule has 1 amide bonds. The molecule has 4 N–H and O–H groups in total. The molecule has 2 atom stereocenters. The predicted octanol–water partition coefficient (Wildman–Crippen LogP) is 4.81. The standard InChI is InChI=1S/C25H26ClFN4O3/c1-14-10-22(29-12-17(27)11-28)19-7-5-9-23(24(19)30-14)34-13-20-18(6-4-8-21(20)26)15(2)31-25(33)16(3)32/h4-12,15-16,32H,13,28H2,1-3H3,(H,31,33). The Balaban J connectivity index is 1.94. The lowest BCUT2D eigenvalue weighted by atomic mass is 10.0. The van der Waals surface area contributed by atoms with Crippen molar-refractivity contribution in [3.63, 3.8) is 0 Å². The molecule has 2 unspecified atom stereocenters. The fourth-order valence-electron chi connectivity index (χ4n) is 3.42. The highest BCUT2D eigenvalue weighted by Crippen LogP contribution is 2.33. The van der Waals surface area contributed by atoms with Gasteiger partial charge in [0.1, 0.15) is 24.0 Å². The third-order valence-electron chi connectivity index (χ3n) is 5.13. The summed E-state index contributed by atoms with van der Waals surface area (Å²) in [5, 5.41) is 13.4. The highest BCUT2D eigenvalue weighted by molar-refractivity contribution is 6.31. The number of aromatic nitrogens is 1. The van der Waals surface area contributed by atoms with Crippen molar-refractivity contribution in [3.05, 3.63) is 76.3 Å². The Hall–Kier alpha value is -3.49. The summed E-state index contributed by atoms with van der Waals surface area (Å²) in [5.74, 6) is -0.640. The van der Waals surface area contributed by atoms with Crippen LogP contribution in [0, 0.1) is 6.92 Å². The Morgan fingerprint density at radius 3 is 2.76 bits per heavy atom. The number of allylic oxidation sites excluding steroid dienone is 1. The summed E-state index contributed by atoms with van der Waals surface area (Å²) in [6.07, 6.45) is 0.748. The van der Waals surface area contributed by atoms with Gasteiger partial charge in [0, 0.05) is 27.9 Å². The molecule has 178 valence electrons. The fourth-order valence-corrected chi connectivity index (χ4v) is 3.66. The van der Waals surface area contributed by atoms with Gasteiger partial charge in [-0.25, -0.2) is 9.37 Å². The number of nitrogens with zero attached hydrogens (tertiary/aromatic N) is 2. The van der Waals surface area contributed by atoms with Crippen LogP contribution >= 0.6 is 11.6 Å². The summed E-state index contributed by atoms with van der Waals surface area (Å²) in [5.41, 5.74) is 8.41. The number of rotatable bonds is 8. The SMILES string of the molecule is Cc1cc(N=CC(F)=CN)c2cccc(OCc3c(Cl)cccc3C(C)NC(=O)C(C)O)c2n1. The van der Waals surface area contributed by atoms with E-state index in [-0.39, 0.29) is 6.61 Å². The van der Waals surface area contributed by atoms with Crippen LogP contribution in [0.2, 0.25) is 5.02 Å². The van der Waals surface area contributed by atoms with Gasteiger partial charge in [-0.2, -0.15) is 0 Å². The van der Waals surface area contributed by atoms with Gasteiger partial charge in [0.2, 0.25) is 5.91 Å². The van der Waals surface area contributed by atoms with Crippen molar-refractivity contribution >= 4 is 40.3 Å². The Morgan fingerprint density at radius 2 is 2.06 bits per heavy atom. The van der Waals surface area contributed by atoms with Crippen molar-refractivity contribution in [1.82, 2.24) is 10.3 Å². The second kappa shape index (κ2) is 11.1. The maximum atomic E-state index is 13.5. The van der Waals surface area contributed by atoms with Crippen molar-refractivity contribution in [3.8, 4) is 5.75 Å². The summed E-state index contributed by atoms with van der Waals surface area (Å²) in [7, 11) is 0. The van der Waals surface area contributed by atoms with Gasteiger partial charge in [0.25, 0.3) is 0 Å². The van der Waals surface area contributed by atoms with E-state index in [2.05, 4.69) is 15.3 Å². The Kier molecular flexibility index (Phi) is 8.20. The van der Waals surface area contributed by atoms with E-state index in [1.165, 1.54) is 6.92 Å². The molecule has 7 nitrogen and oxygen atoms in total. The normalized spacial score (nSPS) is 13.8. The van der Waals surface area contributed by atoms with E-state index in [9.17, 15) is 14.3 Å². The zero-order valence-electron chi connectivity index (χ0n) is 19.0. The molecule has 1 aromatic heterocycles. The van der Waals surface area contributed by atoms with E-state index in [4.69, 9.17) is 22.1 Å². The number of aryl methyl sites for hydroxylation is 1. The van der Waals surface area contributed by atoms with Gasteiger partial charge in [0.05, 0.1) is 17.9 Å². The number of hydrogen-bond acceptors (Lipinski definition) is 6. The van der Waals surface area contributed by atoms with E-state index >= 15 is 0 Å². The topological polar surface area (TPSA) is 110 Å². The number of carbonyl (C=O) groups is 1. The number of amides is 1. The lowest BCUT2D eigenvalue weighted by Gasteiger charge is -2.20. The first-order chi connectivity index (χ1) is 16.2. The van der Waals surface area contributed by atoms with Gasteiger partial charge in [-0.05, 0) is 44.5 Å². The average Bonchev–Trinajstić information content (AvgIpc) is 2.81. The molecule has 0 radical (unpaired) electrons. The number of hydrogen-bond donors (Lipinski definition) is 3. The first kappa shape index (κ1) is 25.1. The molecule has 0 aliphatic heterocycles. The summed E-state index contributed by atoms with van der Waals surface area (Å²) in [4.78, 5) is 20.7. The van der Waals surface area contributed by atoms with Crippen molar-refractivity contribution in [2.45, 2.75) is 39.5 Å². The molecule has 0 saturated carbocycles. The Morgan fingerprint density at radius 1 is 1.32 bits per heavy atom. The van der Waals surface area contributed by atoms with Crippen LogP contribution in [0.1, 0.15) is 36.7 Å². The Bertz CT molecular complexity index is 1260. The summed E-state index contributed by atoms with van der Waals surface area (Å²) in [6, 6.07) is 12.1. The van der Waals surface area contributed by atoms with Gasteiger partial charge in [-0.1, -0.05) is 35.9 Å². The maximum Gasteiger partial charge on any atom is 0.249 e. The zero-order valence-corrected chi connectivity index (χ0v) is 19.8. The monoisotopic (exact) mass is 484 g/mol. The molecule has 0 aliphatic carbocycles. The zero-order chi connectivity index (χ0) is 24.8. The van der Waals surface area contributed by atoms with E-state index in [0.717, 1.165) is 18.0 Å². The lowest BCUT2D eigenvalue weighted by molar-refractivity contribution is -0.129. The first-order valence-corrected chi connectivity index (χ1v) is 11.0. The van der Waals surface area contributed by atoms with Gasteiger partial charge in [-0.15, -0.1) is 0 Å². The summed E-state index contributed by atoms with van der Waals surface area (Å²) < 4.78 is 19.6. The molecule has 0 spiro atoms. The number of nitrogens with one attached hydrogen (secondary N) is 1. The number of aliphatic imine (C=N–C) groups is 1. The molecule has 0 aliphatic rings. The minimum Gasteiger partial charge on any atom is -0.487 e. The third kappa shape index (κ3) is 5.89. The molecule has 9 heteroatoms. The second-order valence-electron chi connectivity index (χ2n) is 7.75. The number of para-hydroxylation sites is 1. The third-order valence-corrected chi connectivity index (χ3v) is 5.48. The number of fused-ring (bicyclic) bond motifs is 1. The van der Waals surface area contributed by atoms with E-state index < -0.39 is 23.9 Å². The van der Waals surface area contributed by atoms with Crippen LogP contribution in [0.3, 0.4) is 0 Å². The number of aliphatic hydroxyl groups excluding tert-OH is 1. The lowest BCUT2D eigenvalue weighted by Crippen LogP contribution is -2.34. The maximum absolute atomic E-state index is 13.5. The molecule has 3 aromatic rings. The molecule has 1 heterocycles. The van der Waals surface area contributed by atoms with Gasteiger partial charge in [-0.3, -0.25) is 9.79 Å². The van der Waals surface area contributed by atoms with Crippen LogP contribution < -0.4 is 15.8 Å². The van der Waals surface area contributed by atoms with Crippen LogP contribution in [0.15, 0.2) is 59.5 Å². The van der Waals surface area contributed by atoms with Crippen molar-refractivity contribution in [2.24, 2.45) is 10.7 Å². The van der Waals surface area contributed by atoms with Gasteiger partial charge < -0.3 is 20.9 Å². The highest BCUT2D eigenvalue weighted by atomic mass is 35.5. The largest absolute Gasteiger partial charge is 0.487 e. The predicted molar refractivity (Wildman–Crippen MR) is 132 cm³/mol. The fraction of sp³-hybridized carbons (Fsp3) is 0.240. The number of halogens is 2. The minimum atomic E-state index is -1.13. The molecule has 0 bridgehead atoms. The molecule has 3 rings (SSSR count). The number of nitrogens with two attached hydrogens (primary N) is 1. The molecular formula is C25H26ClFN4O3. The van der Waals surface area contributed by atoms with E-state index in [1.807, 2.05) is 19.1 Å². The van der Waals surface area contributed by atoms with Gasteiger partial charge >= 0.3 is 0 Å². The molecule has 0 fully saturated rings. The van der Waals surface area contributed by atoms with E-state index in [1.54, 1.807) is 37.3 Å². The summed E-state index contributed by atoms with van der Waals surface area (Å²) in [6.45, 7) is 5.13. The van der Waals surface area contributed by atoms with Crippen molar-refractivity contribution < 1.29 is 19.0 Å². The average molecular weight is 485 g/mol. The van der Waals surface area contributed by atoms with Crippen LogP contribution in [-0.4, -0.2) is 28.3 Å². The summed E-state index contributed by atoms with van der Waals surface area (Å²) >= 11 is 6.46. The van der Waals surface area contributed by atoms with E-state index in [0.29, 0.717) is 38.6 Å². The molecule has 34 heavy (non-hydrogen) atoms. The first-order valence-electron chi connectivity index (χ1n) is 10.6. The van der Waals surface area contributed by atoms with Gasteiger partial charge in [0.15, 0.2) is 5.83 Å². The smallest absolute Gasteiger partial charge is 0.249 e. The number of carbonyl (C=O) groups excluding carboxylic acids is 1. The highest BCUT2D eigenvalue weighted by Gasteiger charge is 2.19. The number of pyridine rings is 1. The van der Waals surface area contributed by atoms with Crippen LogP contribution in [-0.2, 0) is 11.4 Å². The molecular weight excluding hydrogens is 459 g/mol. The Labute approximate surface area is 202 Å². The second-order valence-corrected chi connectivity index (χ2v) is 8.15. The molecule has 0 saturated heterocycles. The van der Waals surface area contributed by atoms with Crippen LogP contribution in [0.5, 0.6) is 5.75 Å². The quantitative estimate of drug-likeness (QED) is 0.397. The molecule has 2 aromatic carbocycles. The number of ether oxygens (including phenoxy) is 1. The number of benzene rings is 2.